The van der Waals surface area contributed by atoms with Crippen LogP contribution in [0.5, 0.6) is 0 Å². The fourth-order valence-electron chi connectivity index (χ4n) is 3.92. The standard InChI is InChI=1S/C21H24ClN3O5S2/c22-19-9-8-16(14-20(19)32(29,30)25-12-3-4-13-25)21(26)23-17-6-5-7-18(15-17)31(27,28)24-10-1-2-11-24/h5-9,14-15H,1-4,10-13H2,(H,23,26). The van der Waals surface area contributed by atoms with Gasteiger partial charge in [0.05, 0.1) is 9.92 Å². The molecular weight excluding hydrogens is 474 g/mol. The maximum absolute atomic E-state index is 12.9. The molecule has 1 amide bonds. The molecule has 2 saturated heterocycles. The molecule has 0 spiro atoms. The van der Waals surface area contributed by atoms with Crippen molar-refractivity contribution >= 4 is 43.2 Å². The van der Waals surface area contributed by atoms with Crippen LogP contribution >= 0.6 is 11.6 Å². The number of hydrogen-bond donors (Lipinski definition) is 1. The van der Waals surface area contributed by atoms with Gasteiger partial charge in [-0.2, -0.15) is 8.61 Å². The molecule has 0 aliphatic carbocycles. The Morgan fingerprint density at radius 3 is 2.03 bits per heavy atom. The number of nitrogens with zero attached hydrogens (tertiary/aromatic N) is 2. The lowest BCUT2D eigenvalue weighted by Crippen LogP contribution is -2.28. The zero-order valence-corrected chi connectivity index (χ0v) is 19.7. The smallest absolute Gasteiger partial charge is 0.255 e. The molecule has 2 aliphatic rings. The first-order valence-electron chi connectivity index (χ1n) is 10.4. The zero-order chi connectivity index (χ0) is 22.9. The van der Waals surface area contributed by atoms with Gasteiger partial charge in [-0.1, -0.05) is 17.7 Å². The summed E-state index contributed by atoms with van der Waals surface area (Å²) < 4.78 is 54.2. The largest absolute Gasteiger partial charge is 0.322 e. The van der Waals surface area contributed by atoms with E-state index in [1.807, 2.05) is 0 Å². The van der Waals surface area contributed by atoms with Gasteiger partial charge in [0, 0.05) is 37.4 Å². The summed E-state index contributed by atoms with van der Waals surface area (Å²) in [6.07, 6.45) is 3.23. The molecule has 172 valence electrons. The van der Waals surface area contributed by atoms with Gasteiger partial charge >= 0.3 is 0 Å². The SMILES string of the molecule is O=C(Nc1cccc(S(=O)(=O)N2CCCC2)c1)c1ccc(Cl)c(S(=O)(=O)N2CCCC2)c1. The number of sulfonamides is 2. The normalized spacial score (nSPS) is 18.2. The van der Waals surface area contributed by atoms with Crippen LogP contribution in [0.25, 0.3) is 0 Å². The van der Waals surface area contributed by atoms with Gasteiger partial charge in [0.15, 0.2) is 0 Å². The van der Waals surface area contributed by atoms with Crippen LogP contribution in [-0.4, -0.2) is 57.5 Å². The number of anilines is 1. The van der Waals surface area contributed by atoms with E-state index in [9.17, 15) is 21.6 Å². The van der Waals surface area contributed by atoms with Crippen LogP contribution in [0.15, 0.2) is 52.3 Å². The van der Waals surface area contributed by atoms with Crippen molar-refractivity contribution in [2.75, 3.05) is 31.5 Å². The second-order valence-electron chi connectivity index (χ2n) is 7.85. The molecule has 0 saturated carbocycles. The van der Waals surface area contributed by atoms with Crippen LogP contribution in [-0.2, 0) is 20.0 Å². The Hall–Kier alpha value is -1.98. The predicted octanol–water partition coefficient (Wildman–Crippen LogP) is 3.16. The third kappa shape index (κ3) is 4.55. The minimum Gasteiger partial charge on any atom is -0.322 e. The van der Waals surface area contributed by atoms with Crippen molar-refractivity contribution in [1.82, 2.24) is 8.61 Å². The minimum absolute atomic E-state index is 0.0483. The minimum atomic E-state index is -3.80. The van der Waals surface area contributed by atoms with Crippen molar-refractivity contribution in [2.24, 2.45) is 0 Å². The Balaban J connectivity index is 1.57. The lowest BCUT2D eigenvalue weighted by molar-refractivity contribution is 0.102. The third-order valence-electron chi connectivity index (χ3n) is 5.67. The Labute approximate surface area is 193 Å². The van der Waals surface area contributed by atoms with E-state index in [-0.39, 0.29) is 20.4 Å². The molecule has 1 N–H and O–H groups in total. The molecule has 32 heavy (non-hydrogen) atoms. The quantitative estimate of drug-likeness (QED) is 0.660. The van der Waals surface area contributed by atoms with Crippen molar-refractivity contribution in [3.05, 3.63) is 53.1 Å². The Bertz CT molecular complexity index is 1240. The number of halogens is 1. The van der Waals surface area contributed by atoms with Gasteiger partial charge in [-0.15, -0.1) is 0 Å². The van der Waals surface area contributed by atoms with Gasteiger partial charge in [0.25, 0.3) is 5.91 Å². The van der Waals surface area contributed by atoms with E-state index in [1.165, 1.54) is 38.9 Å². The molecule has 2 heterocycles. The highest BCUT2D eigenvalue weighted by molar-refractivity contribution is 7.89. The number of carbonyl (C=O) groups is 1. The summed E-state index contributed by atoms with van der Waals surface area (Å²) in [6, 6.07) is 10.1. The molecule has 0 radical (unpaired) electrons. The number of hydrogen-bond acceptors (Lipinski definition) is 5. The van der Waals surface area contributed by atoms with E-state index in [2.05, 4.69) is 5.32 Å². The molecule has 2 fully saturated rings. The fraction of sp³-hybridized carbons (Fsp3) is 0.381. The maximum atomic E-state index is 12.9. The molecule has 2 aliphatic heterocycles. The van der Waals surface area contributed by atoms with E-state index in [4.69, 9.17) is 11.6 Å². The highest BCUT2D eigenvalue weighted by Crippen LogP contribution is 2.29. The van der Waals surface area contributed by atoms with Crippen LogP contribution in [0.1, 0.15) is 36.0 Å². The predicted molar refractivity (Wildman–Crippen MR) is 122 cm³/mol. The molecule has 11 heteroatoms. The van der Waals surface area contributed by atoms with Crippen LogP contribution in [0.2, 0.25) is 5.02 Å². The van der Waals surface area contributed by atoms with E-state index < -0.39 is 26.0 Å². The summed E-state index contributed by atoms with van der Waals surface area (Å²) in [7, 11) is -7.42. The van der Waals surface area contributed by atoms with Gasteiger partial charge in [-0.3, -0.25) is 4.79 Å². The summed E-state index contributed by atoms with van der Waals surface area (Å²) in [5.41, 5.74) is 0.411. The maximum Gasteiger partial charge on any atom is 0.255 e. The molecule has 8 nitrogen and oxygen atoms in total. The molecule has 0 bridgehead atoms. The molecular formula is C21H24ClN3O5S2. The van der Waals surface area contributed by atoms with Gasteiger partial charge in [0.2, 0.25) is 20.0 Å². The first kappa shape index (κ1) is 23.2. The first-order valence-corrected chi connectivity index (χ1v) is 13.7. The Morgan fingerprint density at radius 2 is 1.41 bits per heavy atom. The van der Waals surface area contributed by atoms with Crippen molar-refractivity contribution in [3.63, 3.8) is 0 Å². The summed E-state index contributed by atoms with van der Waals surface area (Å²) in [5.74, 6) is -0.560. The monoisotopic (exact) mass is 497 g/mol. The average Bonchev–Trinajstić information content (AvgIpc) is 3.49. The lowest BCUT2D eigenvalue weighted by atomic mass is 10.2. The van der Waals surface area contributed by atoms with Crippen molar-refractivity contribution in [1.29, 1.82) is 0 Å². The second kappa shape index (κ2) is 9.11. The van der Waals surface area contributed by atoms with Gasteiger partial charge in [0.1, 0.15) is 4.90 Å². The number of nitrogens with one attached hydrogen (secondary N) is 1. The molecule has 0 aromatic heterocycles. The van der Waals surface area contributed by atoms with Crippen LogP contribution in [0.4, 0.5) is 5.69 Å². The Morgan fingerprint density at radius 1 is 0.812 bits per heavy atom. The average molecular weight is 498 g/mol. The van der Waals surface area contributed by atoms with E-state index >= 15 is 0 Å². The zero-order valence-electron chi connectivity index (χ0n) is 17.3. The molecule has 4 rings (SSSR count). The second-order valence-corrected chi connectivity index (χ2v) is 12.1. The van der Waals surface area contributed by atoms with Gasteiger partial charge < -0.3 is 5.32 Å². The number of benzene rings is 2. The molecule has 0 unspecified atom stereocenters. The highest BCUT2D eigenvalue weighted by atomic mass is 35.5. The molecule has 2 aromatic carbocycles. The lowest BCUT2D eigenvalue weighted by Gasteiger charge is -2.17. The van der Waals surface area contributed by atoms with Gasteiger partial charge in [-0.25, -0.2) is 16.8 Å². The Kier molecular flexibility index (Phi) is 6.60. The summed E-state index contributed by atoms with van der Waals surface area (Å²) in [6.45, 7) is 1.82. The summed E-state index contributed by atoms with van der Waals surface area (Å²) in [4.78, 5) is 12.8. The summed E-state index contributed by atoms with van der Waals surface area (Å²) in [5, 5.41) is 2.70. The van der Waals surface area contributed by atoms with Crippen molar-refractivity contribution in [2.45, 2.75) is 35.5 Å². The molecule has 0 atom stereocenters. The van der Waals surface area contributed by atoms with Crippen LogP contribution in [0.3, 0.4) is 0 Å². The third-order valence-corrected chi connectivity index (χ3v) is 9.95. The van der Waals surface area contributed by atoms with Crippen LogP contribution in [0, 0.1) is 0 Å². The van der Waals surface area contributed by atoms with E-state index in [0.717, 1.165) is 25.7 Å². The number of rotatable bonds is 6. The summed E-state index contributed by atoms with van der Waals surface area (Å²) >= 11 is 6.15. The van der Waals surface area contributed by atoms with Crippen molar-refractivity contribution < 1.29 is 21.6 Å². The topological polar surface area (TPSA) is 104 Å². The number of carbonyl (C=O) groups excluding carboxylic acids is 1. The van der Waals surface area contributed by atoms with Gasteiger partial charge in [-0.05, 0) is 62.1 Å². The highest BCUT2D eigenvalue weighted by Gasteiger charge is 2.30. The number of amides is 1. The molecule has 2 aromatic rings. The fourth-order valence-corrected chi connectivity index (χ4v) is 7.51. The van der Waals surface area contributed by atoms with E-state index in [1.54, 1.807) is 12.1 Å². The first-order chi connectivity index (χ1) is 15.2. The van der Waals surface area contributed by atoms with Crippen LogP contribution < -0.4 is 5.32 Å². The van der Waals surface area contributed by atoms with Crippen molar-refractivity contribution in [3.8, 4) is 0 Å². The van der Waals surface area contributed by atoms with E-state index in [0.29, 0.717) is 31.9 Å².